The average Bonchev–Trinajstić information content (AvgIpc) is 1.61. The Kier molecular flexibility index (Phi) is 25.5. The molecular weight excluding hydrogens is 1820 g/mol. The molecule has 0 spiro atoms. The number of para-hydroxylation sites is 11. The number of imidazole rings is 2. The maximum atomic E-state index is 6.27. The zero-order chi connectivity index (χ0) is 99.0. The van der Waals surface area contributed by atoms with Gasteiger partial charge in [-0.05, 0) is 287 Å². The van der Waals surface area contributed by atoms with Crippen LogP contribution in [-0.2, 0) is 0 Å². The molecule has 0 aliphatic heterocycles. The molecule has 26 aromatic rings. The Morgan fingerprint density at radius 2 is 0.419 bits per heavy atom. The van der Waals surface area contributed by atoms with Crippen molar-refractivity contribution in [3.8, 4) is 140 Å². The van der Waals surface area contributed by atoms with Gasteiger partial charge in [-0.1, -0.05) is 363 Å². The van der Waals surface area contributed by atoms with Crippen LogP contribution in [0.25, 0.3) is 171 Å². The number of fused-ring (bicyclic) bond motifs is 6. The van der Waals surface area contributed by atoms with Crippen LogP contribution in [0.1, 0.15) is 11.1 Å². The molecule has 0 saturated carbocycles. The summed E-state index contributed by atoms with van der Waals surface area (Å²) in [5, 5.41) is 3.57. The van der Waals surface area contributed by atoms with Gasteiger partial charge in [-0.15, -0.1) is 11.3 Å². The van der Waals surface area contributed by atoms with E-state index in [2.05, 4.69) is 504 Å². The summed E-state index contributed by atoms with van der Waals surface area (Å²) in [6.07, 6.45) is 0. The summed E-state index contributed by atoms with van der Waals surface area (Å²) >= 11 is 1.74. The van der Waals surface area contributed by atoms with Gasteiger partial charge in [0.15, 0.2) is 0 Å². The molecule has 0 aliphatic carbocycles. The summed E-state index contributed by atoms with van der Waals surface area (Å²) in [5.41, 5.74) is 37.5. The van der Waals surface area contributed by atoms with Crippen LogP contribution in [0.5, 0.6) is 23.0 Å². The lowest BCUT2D eigenvalue weighted by Crippen LogP contribution is -2.09. The van der Waals surface area contributed by atoms with E-state index in [-0.39, 0.29) is 0 Å². The van der Waals surface area contributed by atoms with E-state index in [1.54, 1.807) is 11.3 Å². The van der Waals surface area contributed by atoms with E-state index in [0.29, 0.717) is 0 Å². The second-order valence-corrected chi connectivity index (χ2v) is 37.8. The summed E-state index contributed by atoms with van der Waals surface area (Å²) in [7, 11) is 0. The van der Waals surface area contributed by atoms with Gasteiger partial charge >= 0.3 is 0 Å². The van der Waals surface area contributed by atoms with Crippen LogP contribution in [0.4, 0.5) is 34.1 Å². The Morgan fingerprint density at radius 1 is 0.182 bits per heavy atom. The van der Waals surface area contributed by atoms with Crippen LogP contribution in [0.3, 0.4) is 0 Å². The first-order chi connectivity index (χ1) is 73.1. The maximum absolute atomic E-state index is 6.27. The van der Waals surface area contributed by atoms with Crippen LogP contribution in [-0.4, -0.2) is 28.7 Å². The highest BCUT2D eigenvalue weighted by Gasteiger charge is 2.22. The van der Waals surface area contributed by atoms with Gasteiger partial charge < -0.3 is 23.8 Å². The molecule has 0 bridgehead atoms. The van der Waals surface area contributed by atoms with Crippen LogP contribution < -0.4 is 19.3 Å². The summed E-state index contributed by atoms with van der Waals surface area (Å²) in [6, 6.07) is 196. The second-order valence-electron chi connectivity index (χ2n) is 36.8. The van der Waals surface area contributed by atoms with E-state index >= 15 is 0 Å². The molecule has 22 aromatic carbocycles. The van der Waals surface area contributed by atoms with Crippen LogP contribution >= 0.6 is 11.3 Å². The standard InChI is InChI=1S/C49H33N3O.C49H35N3O.C39H30N2S/c1-2-10-39(11-3-1)52-48-17-9-6-14-45(48)50-49(52)38-24-22-36(23-25-38)34-18-20-35(21-19-34)37-26-30-41(31-27-37)53-42-32-28-40(29-33-42)51-46-15-7-4-12-43(46)44-13-5-8-16-47(44)51;1-4-12-41(13-5-1)51(42-14-6-2-7-15-42)44-30-34-46(35-31-44)53-45-32-28-39(29-33-45)37-22-20-36(21-23-37)38-24-26-40(27-25-38)49-50-47-18-10-11-19-48(47)52(49)43-16-8-3-9-17-43;1-27-7-21-34(22-8-27)41(35-23-9-28(2)10-24-35)36-25-19-32(20-26-36)30-13-11-29(12-14-30)31-15-17-33(18-16-31)39-40-37-5-3-4-6-38(37)42-39/h1-33H;1-35H;3-26H,1-2H3. The van der Waals surface area contributed by atoms with Gasteiger partial charge in [0, 0.05) is 78.6 Å². The number of thiazole rings is 1. The number of ether oxygens (including phenoxy) is 2. The highest BCUT2D eigenvalue weighted by Crippen LogP contribution is 2.44. The Bertz CT molecular complexity index is 8920. The molecule has 0 atom stereocenters. The predicted molar refractivity (Wildman–Crippen MR) is 617 cm³/mol. The number of rotatable bonds is 22. The van der Waals surface area contributed by atoms with Crippen LogP contribution in [0, 0.1) is 13.8 Å². The Morgan fingerprint density at radius 3 is 0.764 bits per heavy atom. The first-order valence-electron chi connectivity index (χ1n) is 49.9. The third-order valence-corrected chi connectivity index (χ3v) is 28.3. The first kappa shape index (κ1) is 91.2. The molecule has 0 aliphatic rings. The van der Waals surface area contributed by atoms with Crippen molar-refractivity contribution >= 4 is 99.6 Å². The minimum absolute atomic E-state index is 0.787. The molecule has 148 heavy (non-hydrogen) atoms. The van der Waals surface area contributed by atoms with E-state index in [9.17, 15) is 0 Å². The Balaban J connectivity index is 0.000000120. The number of hydrogen-bond acceptors (Lipinski definition) is 8. The van der Waals surface area contributed by atoms with E-state index in [4.69, 9.17) is 24.4 Å². The quantitative estimate of drug-likeness (QED) is 0.0669. The van der Waals surface area contributed by atoms with Crippen LogP contribution in [0.2, 0.25) is 0 Å². The number of hydrogen-bond donors (Lipinski definition) is 0. The highest BCUT2D eigenvalue weighted by molar-refractivity contribution is 7.21. The largest absolute Gasteiger partial charge is 0.457 e. The molecule has 0 N–H and O–H groups in total. The van der Waals surface area contributed by atoms with E-state index in [1.165, 1.54) is 71.0 Å². The fraction of sp³-hybridized carbons (Fsp3) is 0.0146. The minimum Gasteiger partial charge on any atom is -0.457 e. The molecule has 0 amide bonds. The zero-order valence-electron chi connectivity index (χ0n) is 81.4. The maximum Gasteiger partial charge on any atom is 0.145 e. The van der Waals surface area contributed by atoms with Gasteiger partial charge in [0.05, 0.1) is 43.3 Å². The first-order valence-corrected chi connectivity index (χ1v) is 50.7. The lowest BCUT2D eigenvalue weighted by Gasteiger charge is -2.26. The van der Waals surface area contributed by atoms with Crippen molar-refractivity contribution in [3.63, 3.8) is 0 Å². The fourth-order valence-corrected chi connectivity index (χ4v) is 20.5. The number of anilines is 6. The Hall–Kier alpha value is -19.3. The third kappa shape index (κ3) is 19.3. The SMILES string of the molecule is Cc1ccc(N(c2ccc(C)cc2)c2ccc(-c3ccc(-c4ccc(-c5nc6ccccc6s5)cc4)cc3)cc2)cc1.c1ccc(-n2c(-c3ccc(-c4ccc(-c5ccc(Oc6ccc(-n7c8ccccc8c8ccccc87)cc6)cc5)cc4)cc3)nc3ccccc32)cc1.c1ccc(N(c2ccccc2)c2ccc(Oc3ccc(-c4ccc(-c5ccc(-c6nc7ccccc7n6-c6ccccc6)cc5)cc4)cc3)cc2)cc1. The van der Waals surface area contributed by atoms with E-state index in [1.807, 2.05) is 91.0 Å². The normalized spacial score (nSPS) is 11.2. The summed E-state index contributed by atoms with van der Waals surface area (Å²) < 4.78 is 20.5. The van der Waals surface area contributed by atoms with Gasteiger partial charge in [-0.25, -0.2) is 15.0 Å². The molecule has 704 valence electrons. The molecular formula is C137H98N8O2S. The van der Waals surface area contributed by atoms with Crippen molar-refractivity contribution in [2.45, 2.75) is 13.8 Å². The summed E-state index contributed by atoms with van der Waals surface area (Å²) in [4.78, 5) is 19.4. The van der Waals surface area contributed by atoms with E-state index < -0.39 is 0 Å². The predicted octanol–water partition coefficient (Wildman–Crippen LogP) is 37.6. The van der Waals surface area contributed by atoms with Crippen molar-refractivity contribution in [2.24, 2.45) is 0 Å². The second kappa shape index (κ2) is 41.3. The lowest BCUT2D eigenvalue weighted by atomic mass is 9.99. The third-order valence-electron chi connectivity index (χ3n) is 27.2. The molecule has 10 nitrogen and oxygen atoms in total. The minimum atomic E-state index is 0.787. The number of aromatic nitrogens is 6. The summed E-state index contributed by atoms with van der Waals surface area (Å²) in [5.74, 6) is 5.05. The molecule has 0 radical (unpaired) electrons. The molecule has 4 heterocycles. The lowest BCUT2D eigenvalue weighted by molar-refractivity contribution is 0.482. The molecule has 0 unspecified atom stereocenters. The fourth-order valence-electron chi connectivity index (χ4n) is 19.6. The van der Waals surface area contributed by atoms with Gasteiger partial charge in [0.1, 0.15) is 39.7 Å². The molecule has 0 saturated heterocycles. The molecule has 0 fully saturated rings. The van der Waals surface area contributed by atoms with E-state index in [0.717, 1.165) is 168 Å². The molecule has 26 rings (SSSR count). The monoisotopic (exact) mass is 1920 g/mol. The highest BCUT2D eigenvalue weighted by atomic mass is 32.1. The van der Waals surface area contributed by atoms with Crippen molar-refractivity contribution in [1.82, 2.24) is 28.7 Å². The van der Waals surface area contributed by atoms with Crippen molar-refractivity contribution in [3.05, 3.63) is 569 Å². The van der Waals surface area contributed by atoms with Gasteiger partial charge in [0.2, 0.25) is 0 Å². The topological polar surface area (TPSA) is 78.4 Å². The van der Waals surface area contributed by atoms with Crippen molar-refractivity contribution in [2.75, 3.05) is 9.80 Å². The summed E-state index contributed by atoms with van der Waals surface area (Å²) in [6.45, 7) is 4.25. The number of aryl methyl sites for hydroxylation is 2. The van der Waals surface area contributed by atoms with Crippen molar-refractivity contribution < 1.29 is 9.47 Å². The Labute approximate surface area is 864 Å². The van der Waals surface area contributed by atoms with Gasteiger partial charge in [-0.2, -0.15) is 0 Å². The zero-order valence-corrected chi connectivity index (χ0v) is 82.2. The molecule has 4 aromatic heterocycles. The van der Waals surface area contributed by atoms with Gasteiger partial charge in [-0.3, -0.25) is 9.13 Å². The van der Waals surface area contributed by atoms with Gasteiger partial charge in [0.25, 0.3) is 0 Å². The average molecular weight is 1920 g/mol. The van der Waals surface area contributed by atoms with Crippen LogP contribution in [0.15, 0.2) is 558 Å². The molecule has 11 heteroatoms. The number of benzene rings is 22. The smallest absolute Gasteiger partial charge is 0.145 e. The van der Waals surface area contributed by atoms with Crippen molar-refractivity contribution in [1.29, 1.82) is 0 Å². The number of nitrogens with zero attached hydrogens (tertiary/aromatic N) is 8.